The molecule has 1 atom stereocenters. The second-order valence-electron chi connectivity index (χ2n) is 7.16. The van der Waals surface area contributed by atoms with Crippen molar-refractivity contribution < 1.29 is 37.0 Å². The van der Waals surface area contributed by atoms with Crippen molar-refractivity contribution in [3.8, 4) is 11.5 Å². The van der Waals surface area contributed by atoms with Gasteiger partial charge in [-0.25, -0.2) is 8.42 Å². The largest absolute Gasteiger partial charge is 0.497 e. The third-order valence-electron chi connectivity index (χ3n) is 4.55. The Morgan fingerprint density at radius 1 is 1.00 bits per heavy atom. The van der Waals surface area contributed by atoms with Gasteiger partial charge >= 0.3 is 5.97 Å². The summed E-state index contributed by atoms with van der Waals surface area (Å²) in [6, 6.07) is 11.1. The molecule has 0 radical (unpaired) electrons. The van der Waals surface area contributed by atoms with E-state index in [4.69, 9.17) is 14.2 Å². The van der Waals surface area contributed by atoms with Gasteiger partial charge in [0.1, 0.15) is 17.5 Å². The van der Waals surface area contributed by atoms with Gasteiger partial charge in [0.2, 0.25) is 15.9 Å². The number of carbonyl (C=O) groups excluding carboxylic acids is 3. The van der Waals surface area contributed by atoms with Gasteiger partial charge in [-0.1, -0.05) is 6.07 Å². The zero-order valence-electron chi connectivity index (χ0n) is 19.2. The average Bonchev–Trinajstić information content (AvgIpc) is 2.81. The number of nitrogens with zero attached hydrogens (tertiary/aromatic N) is 1. The minimum Gasteiger partial charge on any atom is -0.497 e. The van der Waals surface area contributed by atoms with E-state index < -0.39 is 40.5 Å². The molecule has 0 unspecified atom stereocenters. The van der Waals surface area contributed by atoms with Crippen molar-refractivity contribution in [2.24, 2.45) is 0 Å². The van der Waals surface area contributed by atoms with Crippen LogP contribution in [-0.2, 0) is 29.1 Å². The molecule has 0 aromatic heterocycles. The predicted molar refractivity (Wildman–Crippen MR) is 123 cm³/mol. The molecular weight excluding hydrogens is 466 g/mol. The van der Waals surface area contributed by atoms with Crippen molar-refractivity contribution in [3.63, 3.8) is 0 Å². The summed E-state index contributed by atoms with van der Waals surface area (Å²) in [6.45, 7) is 0.350. The number of ether oxygens (including phenoxy) is 3. The second-order valence-corrected chi connectivity index (χ2v) is 8.87. The topological polar surface area (TPSA) is 140 Å². The highest BCUT2D eigenvalue weighted by Crippen LogP contribution is 2.17. The maximum Gasteiger partial charge on any atom is 0.324 e. The molecule has 2 N–H and O–H groups in total. The molecule has 12 heteroatoms. The first-order chi connectivity index (χ1) is 16.1. The van der Waals surface area contributed by atoms with Crippen LogP contribution in [0.3, 0.4) is 0 Å². The molecule has 2 aromatic rings. The van der Waals surface area contributed by atoms with E-state index in [2.05, 4.69) is 10.0 Å². The standard InChI is InChI=1S/C22H27N3O8S/c1-15(24-34(29,30)19-10-8-17(31-3)9-11-19)22(28)33-14-21(27)25(2)13-20(26)23-16-6-5-7-18(12-16)32-4/h5-12,15,24H,13-14H2,1-4H3,(H,23,26)/t15-/m0/s1. The minimum absolute atomic E-state index is 0.0641. The van der Waals surface area contributed by atoms with Gasteiger partial charge in [0.15, 0.2) is 6.61 Å². The molecule has 0 heterocycles. The number of methoxy groups -OCH3 is 2. The number of likely N-dealkylation sites (N-methyl/N-ethyl adjacent to an activating group) is 1. The van der Waals surface area contributed by atoms with Gasteiger partial charge < -0.3 is 24.4 Å². The van der Waals surface area contributed by atoms with Crippen molar-refractivity contribution in [1.29, 1.82) is 0 Å². The molecule has 0 fully saturated rings. The average molecular weight is 494 g/mol. The van der Waals surface area contributed by atoms with Crippen LogP contribution in [0.25, 0.3) is 0 Å². The van der Waals surface area contributed by atoms with Crippen LogP contribution in [0.15, 0.2) is 53.4 Å². The highest BCUT2D eigenvalue weighted by atomic mass is 32.2. The Kier molecular flexibility index (Phi) is 9.39. The quantitative estimate of drug-likeness (QED) is 0.442. The van der Waals surface area contributed by atoms with Crippen LogP contribution in [0.2, 0.25) is 0 Å². The number of hydrogen-bond donors (Lipinski definition) is 2. The Morgan fingerprint density at radius 2 is 1.65 bits per heavy atom. The lowest BCUT2D eigenvalue weighted by atomic mass is 10.3. The van der Waals surface area contributed by atoms with Crippen LogP contribution in [0.1, 0.15) is 6.92 Å². The number of nitrogens with one attached hydrogen (secondary N) is 2. The molecule has 0 aliphatic heterocycles. The smallest absolute Gasteiger partial charge is 0.324 e. The number of hydrogen-bond acceptors (Lipinski definition) is 8. The van der Waals surface area contributed by atoms with Crippen LogP contribution >= 0.6 is 0 Å². The van der Waals surface area contributed by atoms with Crippen molar-refractivity contribution >= 4 is 33.5 Å². The number of anilines is 1. The molecule has 0 aliphatic rings. The molecular formula is C22H27N3O8S. The van der Waals surface area contributed by atoms with Crippen LogP contribution in [-0.4, -0.2) is 71.6 Å². The Morgan fingerprint density at radius 3 is 2.26 bits per heavy atom. The number of rotatable bonds is 11. The van der Waals surface area contributed by atoms with Crippen molar-refractivity contribution in [2.45, 2.75) is 17.9 Å². The van der Waals surface area contributed by atoms with E-state index in [1.54, 1.807) is 24.3 Å². The Balaban J connectivity index is 1.83. The Labute approximate surface area is 198 Å². The summed E-state index contributed by atoms with van der Waals surface area (Å²) in [4.78, 5) is 37.6. The fraction of sp³-hybridized carbons (Fsp3) is 0.318. The summed E-state index contributed by atoms with van der Waals surface area (Å²) < 4.78 is 42.0. The maximum atomic E-state index is 12.4. The van der Waals surface area contributed by atoms with Crippen LogP contribution < -0.4 is 19.5 Å². The van der Waals surface area contributed by atoms with Gasteiger partial charge in [-0.15, -0.1) is 0 Å². The summed E-state index contributed by atoms with van der Waals surface area (Å²) in [5, 5.41) is 2.63. The number of carbonyl (C=O) groups is 3. The molecule has 34 heavy (non-hydrogen) atoms. The van der Waals surface area contributed by atoms with Crippen molar-refractivity contribution in [1.82, 2.24) is 9.62 Å². The number of esters is 1. The zero-order chi connectivity index (χ0) is 25.3. The molecule has 0 spiro atoms. The third kappa shape index (κ3) is 7.74. The Bertz CT molecular complexity index is 1120. The van der Waals surface area contributed by atoms with Gasteiger partial charge in [-0.3, -0.25) is 14.4 Å². The SMILES string of the molecule is COc1ccc(S(=O)(=O)N[C@@H](C)C(=O)OCC(=O)N(C)CC(=O)Nc2cccc(OC)c2)cc1. The zero-order valence-corrected chi connectivity index (χ0v) is 20.0. The minimum atomic E-state index is -4.00. The number of benzene rings is 2. The number of sulfonamides is 1. The number of amides is 2. The van der Waals surface area contributed by atoms with Crippen molar-refractivity contribution in [2.75, 3.05) is 39.7 Å². The van der Waals surface area contributed by atoms with E-state index in [-0.39, 0.29) is 11.4 Å². The molecule has 0 saturated carbocycles. The first-order valence-corrected chi connectivity index (χ1v) is 11.5. The van der Waals surface area contributed by atoms with Crippen LogP contribution in [0.5, 0.6) is 11.5 Å². The summed E-state index contributed by atoms with van der Waals surface area (Å²) in [7, 11) is 0.323. The first-order valence-electron chi connectivity index (χ1n) is 10.1. The van der Waals surface area contributed by atoms with E-state index in [1.165, 1.54) is 52.5 Å². The predicted octanol–water partition coefficient (Wildman–Crippen LogP) is 1.01. The van der Waals surface area contributed by atoms with E-state index in [0.717, 1.165) is 4.90 Å². The highest BCUT2D eigenvalue weighted by Gasteiger charge is 2.24. The molecule has 2 rings (SSSR count). The summed E-state index contributed by atoms with van der Waals surface area (Å²) in [6.07, 6.45) is 0. The second kappa shape index (κ2) is 12.0. The lowest BCUT2D eigenvalue weighted by molar-refractivity contribution is -0.152. The third-order valence-corrected chi connectivity index (χ3v) is 6.11. The summed E-state index contributed by atoms with van der Waals surface area (Å²) in [5.41, 5.74) is 0.495. The fourth-order valence-electron chi connectivity index (χ4n) is 2.68. The van der Waals surface area contributed by atoms with E-state index in [1.807, 2.05) is 0 Å². The summed E-state index contributed by atoms with van der Waals surface area (Å²) >= 11 is 0. The van der Waals surface area contributed by atoms with Gasteiger partial charge in [0, 0.05) is 18.8 Å². The monoisotopic (exact) mass is 493 g/mol. The summed E-state index contributed by atoms with van der Waals surface area (Å²) in [5.74, 6) is -1.01. The molecule has 0 saturated heterocycles. The maximum absolute atomic E-state index is 12.4. The van der Waals surface area contributed by atoms with Crippen LogP contribution in [0, 0.1) is 0 Å². The van der Waals surface area contributed by atoms with Gasteiger partial charge in [-0.05, 0) is 43.3 Å². The van der Waals surface area contributed by atoms with Gasteiger partial charge in [0.25, 0.3) is 5.91 Å². The molecule has 11 nitrogen and oxygen atoms in total. The molecule has 184 valence electrons. The van der Waals surface area contributed by atoms with Gasteiger partial charge in [-0.2, -0.15) is 4.72 Å². The van der Waals surface area contributed by atoms with Gasteiger partial charge in [0.05, 0.1) is 25.7 Å². The first kappa shape index (κ1) is 26.6. The molecule has 2 aromatic carbocycles. The van der Waals surface area contributed by atoms with Crippen molar-refractivity contribution in [3.05, 3.63) is 48.5 Å². The molecule has 0 aliphatic carbocycles. The van der Waals surface area contributed by atoms with E-state index in [0.29, 0.717) is 17.2 Å². The highest BCUT2D eigenvalue weighted by molar-refractivity contribution is 7.89. The normalized spacial score (nSPS) is 11.8. The fourth-order valence-corrected chi connectivity index (χ4v) is 3.87. The molecule has 2 amide bonds. The lowest BCUT2D eigenvalue weighted by Gasteiger charge is -2.18. The van der Waals surface area contributed by atoms with Crippen LogP contribution in [0.4, 0.5) is 5.69 Å². The molecule has 0 bridgehead atoms. The van der Waals surface area contributed by atoms with E-state index in [9.17, 15) is 22.8 Å². The Hall–Kier alpha value is -3.64. The van der Waals surface area contributed by atoms with E-state index >= 15 is 0 Å². The lowest BCUT2D eigenvalue weighted by Crippen LogP contribution is -2.42.